The molecule has 28 heavy (non-hydrogen) atoms. The van der Waals surface area contributed by atoms with Crippen molar-refractivity contribution in [1.29, 1.82) is 0 Å². The molecule has 3 rings (SSSR count). The number of halogens is 3. The lowest BCUT2D eigenvalue weighted by Crippen LogP contribution is -2.08. The fourth-order valence-corrected chi connectivity index (χ4v) is 3.99. The van der Waals surface area contributed by atoms with E-state index >= 15 is 0 Å². The average Bonchev–Trinajstić information content (AvgIpc) is 3.03. The van der Waals surface area contributed by atoms with E-state index in [1.807, 2.05) is 0 Å². The number of fused-ring (bicyclic) bond motifs is 1. The van der Waals surface area contributed by atoms with E-state index in [1.165, 1.54) is 37.4 Å². The van der Waals surface area contributed by atoms with Crippen LogP contribution < -0.4 is 0 Å². The minimum Gasteiger partial charge on any atom is -0.435 e. The molecule has 2 aromatic heterocycles. The summed E-state index contributed by atoms with van der Waals surface area (Å²) in [5, 5.41) is 11.5. The van der Waals surface area contributed by atoms with Crippen LogP contribution in [0.2, 0.25) is 0 Å². The summed E-state index contributed by atoms with van der Waals surface area (Å²) in [4.78, 5) is 7.87. The Morgan fingerprint density at radius 3 is 2.71 bits per heavy atom. The number of oxazole rings is 1. The highest BCUT2D eigenvalue weighted by Crippen LogP contribution is 2.38. The van der Waals surface area contributed by atoms with Crippen LogP contribution in [0.15, 0.2) is 49.8 Å². The Balaban J connectivity index is 2.13. The van der Waals surface area contributed by atoms with Gasteiger partial charge in [-0.25, -0.2) is 18.4 Å². The summed E-state index contributed by atoms with van der Waals surface area (Å²) in [6.45, 7) is 1.44. The van der Waals surface area contributed by atoms with E-state index in [-0.39, 0.29) is 55.6 Å². The van der Waals surface area contributed by atoms with Gasteiger partial charge in [0.05, 0.1) is 16.9 Å². The molecule has 0 amide bonds. The molecule has 0 saturated heterocycles. The van der Waals surface area contributed by atoms with Crippen molar-refractivity contribution in [3.63, 3.8) is 0 Å². The maximum absolute atomic E-state index is 12.5. The van der Waals surface area contributed by atoms with Crippen molar-refractivity contribution < 1.29 is 31.2 Å². The van der Waals surface area contributed by atoms with Gasteiger partial charge in [0.2, 0.25) is 5.89 Å². The van der Waals surface area contributed by atoms with Crippen LogP contribution in [0.25, 0.3) is 22.7 Å². The topological polar surface area (TPSA) is 106 Å². The molecule has 148 valence electrons. The zero-order chi connectivity index (χ0) is 20.5. The van der Waals surface area contributed by atoms with Crippen molar-refractivity contribution in [2.45, 2.75) is 22.2 Å². The molecule has 0 aliphatic heterocycles. The Hall–Kier alpha value is -2.60. The molecule has 0 aliphatic carbocycles. The van der Waals surface area contributed by atoms with Crippen molar-refractivity contribution in [1.82, 2.24) is 9.97 Å². The van der Waals surface area contributed by atoms with E-state index < -0.39 is 15.3 Å². The molecule has 0 saturated carbocycles. The molecule has 0 spiro atoms. The maximum atomic E-state index is 12.5. The molecule has 0 bridgehead atoms. The number of aromatic nitrogens is 2. The van der Waals surface area contributed by atoms with Crippen LogP contribution in [0, 0.1) is 0 Å². The first-order valence-corrected chi connectivity index (χ1v) is 10.2. The highest BCUT2D eigenvalue weighted by Gasteiger charge is 2.29. The molecule has 2 heterocycles. The number of nitrogens with zero attached hydrogens (tertiary/aromatic N) is 3. The van der Waals surface area contributed by atoms with Gasteiger partial charge < -0.3 is 9.62 Å². The van der Waals surface area contributed by atoms with Crippen LogP contribution >= 0.6 is 11.8 Å². The third-order valence-corrected chi connectivity index (χ3v) is 6.05. The fraction of sp³-hybridized carbons (Fsp3) is 0.188. The van der Waals surface area contributed by atoms with Crippen LogP contribution in [0.5, 0.6) is 0 Å². The summed E-state index contributed by atoms with van der Waals surface area (Å²) in [5.74, 6) is -0.378. The normalized spacial score (nSPS) is 12.9. The van der Waals surface area contributed by atoms with Crippen LogP contribution in [-0.4, -0.2) is 41.1 Å². The van der Waals surface area contributed by atoms with E-state index in [4.69, 9.17) is 9.62 Å². The summed E-state index contributed by atoms with van der Waals surface area (Å²) in [6, 6.07) is 5.00. The second kappa shape index (κ2) is 7.43. The van der Waals surface area contributed by atoms with Crippen LogP contribution in [0.3, 0.4) is 0 Å². The van der Waals surface area contributed by atoms with E-state index in [2.05, 4.69) is 15.1 Å². The smallest absolute Gasteiger partial charge is 0.435 e. The van der Waals surface area contributed by atoms with Gasteiger partial charge in [-0.2, -0.15) is 13.2 Å². The highest BCUT2D eigenvalue weighted by molar-refractivity contribution is 8.00. The molecule has 12 heteroatoms. The number of rotatable bonds is 5. The molecule has 3 aromatic rings. The fourth-order valence-electron chi connectivity index (χ4n) is 2.36. The van der Waals surface area contributed by atoms with Crippen LogP contribution in [0.1, 0.15) is 12.5 Å². The predicted molar refractivity (Wildman–Crippen MR) is 96.3 cm³/mol. The van der Waals surface area contributed by atoms with E-state index in [0.29, 0.717) is 0 Å². The Morgan fingerprint density at radius 2 is 2.07 bits per heavy atom. The third kappa shape index (κ3) is 4.28. The minimum absolute atomic E-state index is 0.0799. The molecule has 0 aliphatic rings. The summed E-state index contributed by atoms with van der Waals surface area (Å²) < 4.78 is 68.0. The van der Waals surface area contributed by atoms with Gasteiger partial charge in [0.15, 0.2) is 15.4 Å². The number of alkyl halides is 3. The second-order valence-electron chi connectivity index (χ2n) is 5.46. The second-order valence-corrected chi connectivity index (χ2v) is 8.84. The van der Waals surface area contributed by atoms with Crippen LogP contribution in [0.4, 0.5) is 13.2 Å². The number of thioether (sulfide) groups is 1. The standard InChI is InChI=1S/C16H12F3N3O4S2/c1-2-28(24,25)13-5-9(8-21-23)7-20-14(13)15-22-11-6-10(27-16(17,18)19)3-4-12(11)26-15/h3-8,23H,2H2,1H3/b21-8+. The van der Waals surface area contributed by atoms with Crippen molar-refractivity contribution in [2.24, 2.45) is 5.16 Å². The first kappa shape index (κ1) is 20.1. The van der Waals surface area contributed by atoms with Gasteiger partial charge >= 0.3 is 5.51 Å². The zero-order valence-corrected chi connectivity index (χ0v) is 15.8. The van der Waals surface area contributed by atoms with Gasteiger partial charge in [0.25, 0.3) is 0 Å². The predicted octanol–water partition coefficient (Wildman–Crippen LogP) is 4.10. The number of benzene rings is 1. The van der Waals surface area contributed by atoms with E-state index in [1.54, 1.807) is 0 Å². The first-order chi connectivity index (χ1) is 13.1. The van der Waals surface area contributed by atoms with Gasteiger partial charge in [-0.1, -0.05) is 12.1 Å². The molecule has 0 radical (unpaired) electrons. The van der Waals surface area contributed by atoms with Crippen LogP contribution in [-0.2, 0) is 9.84 Å². The summed E-state index contributed by atoms with van der Waals surface area (Å²) in [5.41, 5.74) is -3.98. The largest absolute Gasteiger partial charge is 0.446 e. The number of sulfone groups is 1. The molecule has 1 aromatic carbocycles. The summed E-state index contributed by atoms with van der Waals surface area (Å²) in [6.07, 6.45) is 2.27. The van der Waals surface area contributed by atoms with Gasteiger partial charge in [0.1, 0.15) is 11.2 Å². The Kier molecular flexibility index (Phi) is 5.35. The number of hydrogen-bond acceptors (Lipinski definition) is 8. The Morgan fingerprint density at radius 1 is 1.32 bits per heavy atom. The van der Waals surface area contributed by atoms with Crippen molar-refractivity contribution >= 4 is 38.9 Å². The quantitative estimate of drug-likeness (QED) is 0.281. The van der Waals surface area contributed by atoms with Gasteiger partial charge in [-0.15, -0.1) is 0 Å². The molecule has 7 nitrogen and oxygen atoms in total. The van der Waals surface area contributed by atoms with Crippen molar-refractivity contribution in [3.05, 3.63) is 36.0 Å². The Labute approximate surface area is 161 Å². The minimum atomic E-state index is -4.45. The van der Waals surface area contributed by atoms with Gasteiger partial charge in [0, 0.05) is 16.7 Å². The lowest BCUT2D eigenvalue weighted by Gasteiger charge is -2.06. The summed E-state index contributed by atoms with van der Waals surface area (Å²) in [7, 11) is -3.75. The molecular weight excluding hydrogens is 419 g/mol. The molecule has 0 unspecified atom stereocenters. The van der Waals surface area contributed by atoms with Crippen molar-refractivity contribution in [3.8, 4) is 11.6 Å². The van der Waals surface area contributed by atoms with Gasteiger partial charge in [-0.05, 0) is 36.0 Å². The zero-order valence-electron chi connectivity index (χ0n) is 14.1. The molecular formula is C16H12F3N3O4S2. The lowest BCUT2D eigenvalue weighted by molar-refractivity contribution is -0.0328. The van der Waals surface area contributed by atoms with Gasteiger partial charge in [-0.3, -0.25) is 0 Å². The monoisotopic (exact) mass is 431 g/mol. The summed E-state index contributed by atoms with van der Waals surface area (Å²) >= 11 is -0.292. The van der Waals surface area contributed by atoms with E-state index in [9.17, 15) is 21.6 Å². The maximum Gasteiger partial charge on any atom is 0.446 e. The number of pyridine rings is 1. The SMILES string of the molecule is CCS(=O)(=O)c1cc(/C=N/O)cnc1-c1nc2cc(SC(F)(F)F)ccc2o1. The average molecular weight is 431 g/mol. The Bertz CT molecular complexity index is 1160. The first-order valence-electron chi connectivity index (χ1n) is 7.70. The third-order valence-electron chi connectivity index (χ3n) is 3.59. The highest BCUT2D eigenvalue weighted by atomic mass is 32.2. The van der Waals surface area contributed by atoms with E-state index in [0.717, 1.165) is 6.21 Å². The van der Waals surface area contributed by atoms with Crippen molar-refractivity contribution in [2.75, 3.05) is 5.75 Å². The molecule has 0 fully saturated rings. The lowest BCUT2D eigenvalue weighted by atomic mass is 10.2. The number of oxime groups is 1. The molecule has 0 atom stereocenters. The number of hydrogen-bond donors (Lipinski definition) is 1. The molecule has 1 N–H and O–H groups in total.